The van der Waals surface area contributed by atoms with Crippen LogP contribution in [0.3, 0.4) is 0 Å². The molecule has 1 rings (SSSR count). The largest absolute Gasteiger partial charge is 0.491 e. The van der Waals surface area contributed by atoms with Crippen molar-refractivity contribution in [1.82, 2.24) is 5.32 Å². The summed E-state index contributed by atoms with van der Waals surface area (Å²) in [5, 5.41) is 3.08. The summed E-state index contributed by atoms with van der Waals surface area (Å²) in [5.41, 5.74) is 6.64. The number of benzene rings is 1. The molecule has 0 fully saturated rings. The van der Waals surface area contributed by atoms with Crippen molar-refractivity contribution in [2.75, 3.05) is 13.2 Å². The first-order valence-electron chi connectivity index (χ1n) is 7.33. The monoisotopic (exact) mass is 278 g/mol. The molecule has 112 valence electrons. The molecule has 4 nitrogen and oxygen atoms in total. The van der Waals surface area contributed by atoms with Crippen molar-refractivity contribution < 1.29 is 9.53 Å². The fraction of sp³-hybridized carbons (Fsp3) is 0.562. The number of hydrogen-bond acceptors (Lipinski definition) is 3. The zero-order chi connectivity index (χ0) is 15.0. The summed E-state index contributed by atoms with van der Waals surface area (Å²) >= 11 is 0. The molecule has 3 N–H and O–H groups in total. The first kappa shape index (κ1) is 16.5. The molecule has 1 aromatic carbocycles. The maximum atomic E-state index is 11.3. The number of carbonyl (C=O) groups is 1. The van der Waals surface area contributed by atoms with Crippen molar-refractivity contribution >= 4 is 5.91 Å². The topological polar surface area (TPSA) is 64.3 Å². The van der Waals surface area contributed by atoms with Crippen LogP contribution in [0.25, 0.3) is 0 Å². The molecule has 0 aliphatic heterocycles. The summed E-state index contributed by atoms with van der Waals surface area (Å²) < 4.78 is 5.63. The highest BCUT2D eigenvalue weighted by atomic mass is 16.5. The lowest BCUT2D eigenvalue weighted by molar-refractivity contribution is -0.120. The highest BCUT2D eigenvalue weighted by Gasteiger charge is 2.14. The fourth-order valence-corrected chi connectivity index (χ4v) is 1.87. The standard InChI is InChI=1S/C16H26N2O2/c1-4-10-18-15(16(17)19)11-20-14-8-6-13(7-9-14)12(3)5-2/h6-9,12,15,18H,4-5,10-11H2,1-3H3,(H2,17,19). The number of primary amides is 1. The molecule has 20 heavy (non-hydrogen) atoms. The molecular formula is C16H26N2O2. The normalized spacial score (nSPS) is 13.8. The second-order valence-corrected chi connectivity index (χ2v) is 5.10. The van der Waals surface area contributed by atoms with Crippen LogP contribution in [-0.4, -0.2) is 25.1 Å². The molecule has 1 aromatic rings. The summed E-state index contributed by atoms with van der Waals surface area (Å²) in [6, 6.07) is 7.59. The first-order chi connectivity index (χ1) is 9.58. The van der Waals surface area contributed by atoms with Gasteiger partial charge in [0.15, 0.2) is 0 Å². The summed E-state index contributed by atoms with van der Waals surface area (Å²) in [5.74, 6) is 0.935. The van der Waals surface area contributed by atoms with Gasteiger partial charge in [0.1, 0.15) is 18.4 Å². The molecule has 0 bridgehead atoms. The first-order valence-corrected chi connectivity index (χ1v) is 7.33. The molecule has 4 heteroatoms. The molecule has 2 atom stereocenters. The van der Waals surface area contributed by atoms with Crippen LogP contribution >= 0.6 is 0 Å². The van der Waals surface area contributed by atoms with Crippen molar-refractivity contribution in [3.8, 4) is 5.75 Å². The smallest absolute Gasteiger partial charge is 0.238 e. The second-order valence-electron chi connectivity index (χ2n) is 5.10. The van der Waals surface area contributed by atoms with E-state index in [1.807, 2.05) is 19.1 Å². The van der Waals surface area contributed by atoms with Gasteiger partial charge in [-0.15, -0.1) is 0 Å². The lowest BCUT2D eigenvalue weighted by atomic mass is 9.99. The molecule has 0 aromatic heterocycles. The van der Waals surface area contributed by atoms with E-state index < -0.39 is 6.04 Å². The van der Waals surface area contributed by atoms with E-state index in [-0.39, 0.29) is 12.5 Å². The maximum Gasteiger partial charge on any atom is 0.238 e. The number of rotatable bonds is 9. The summed E-state index contributed by atoms with van der Waals surface area (Å²) in [6.07, 6.45) is 2.07. The lowest BCUT2D eigenvalue weighted by Crippen LogP contribution is -2.45. The fourth-order valence-electron chi connectivity index (χ4n) is 1.87. The third-order valence-electron chi connectivity index (χ3n) is 3.46. The Morgan fingerprint density at radius 1 is 1.30 bits per heavy atom. The average molecular weight is 278 g/mol. The van der Waals surface area contributed by atoms with Gasteiger partial charge in [-0.1, -0.05) is 32.9 Å². The highest BCUT2D eigenvalue weighted by Crippen LogP contribution is 2.21. The van der Waals surface area contributed by atoms with Gasteiger partial charge in [0, 0.05) is 0 Å². The van der Waals surface area contributed by atoms with Crippen molar-refractivity contribution in [3.05, 3.63) is 29.8 Å². The Hall–Kier alpha value is -1.55. The maximum absolute atomic E-state index is 11.3. The molecule has 0 aliphatic carbocycles. The van der Waals surface area contributed by atoms with Gasteiger partial charge in [-0.2, -0.15) is 0 Å². The molecule has 0 aliphatic rings. The van der Waals surface area contributed by atoms with Gasteiger partial charge < -0.3 is 15.8 Å². The summed E-state index contributed by atoms with van der Waals surface area (Å²) in [4.78, 5) is 11.3. The zero-order valence-corrected chi connectivity index (χ0v) is 12.7. The number of hydrogen-bond donors (Lipinski definition) is 2. The Labute approximate surface area is 121 Å². The predicted molar refractivity (Wildman–Crippen MR) is 81.9 cm³/mol. The third kappa shape index (κ3) is 5.21. The molecule has 0 radical (unpaired) electrons. The molecular weight excluding hydrogens is 252 g/mol. The van der Waals surface area contributed by atoms with Crippen LogP contribution in [0.4, 0.5) is 0 Å². The van der Waals surface area contributed by atoms with Gasteiger partial charge in [0.05, 0.1) is 0 Å². The minimum atomic E-state index is -0.441. The van der Waals surface area contributed by atoms with E-state index in [9.17, 15) is 4.79 Å². The summed E-state index contributed by atoms with van der Waals surface area (Å²) in [6.45, 7) is 7.43. The van der Waals surface area contributed by atoms with Crippen LogP contribution in [0, 0.1) is 0 Å². The molecule has 0 saturated carbocycles. The second kappa shape index (κ2) is 8.59. The Morgan fingerprint density at radius 2 is 1.95 bits per heavy atom. The number of nitrogens with one attached hydrogen (secondary N) is 1. The Balaban J connectivity index is 2.53. The molecule has 2 unspecified atom stereocenters. The van der Waals surface area contributed by atoms with Gasteiger partial charge in [0.2, 0.25) is 5.91 Å². The van der Waals surface area contributed by atoms with Gasteiger partial charge in [-0.05, 0) is 43.0 Å². The minimum Gasteiger partial charge on any atom is -0.491 e. The molecule has 1 amide bonds. The highest BCUT2D eigenvalue weighted by molar-refractivity contribution is 5.80. The van der Waals surface area contributed by atoms with Crippen molar-refractivity contribution in [2.45, 2.75) is 45.6 Å². The van der Waals surface area contributed by atoms with Crippen LogP contribution in [0.2, 0.25) is 0 Å². The number of nitrogens with two attached hydrogens (primary N) is 1. The van der Waals surface area contributed by atoms with Gasteiger partial charge >= 0.3 is 0 Å². The van der Waals surface area contributed by atoms with Gasteiger partial charge in [0.25, 0.3) is 0 Å². The molecule has 0 saturated heterocycles. The van der Waals surface area contributed by atoms with E-state index in [0.29, 0.717) is 5.92 Å². The van der Waals surface area contributed by atoms with E-state index in [1.54, 1.807) is 0 Å². The third-order valence-corrected chi connectivity index (χ3v) is 3.46. The van der Waals surface area contributed by atoms with Crippen molar-refractivity contribution in [3.63, 3.8) is 0 Å². The minimum absolute atomic E-state index is 0.262. The van der Waals surface area contributed by atoms with E-state index in [2.05, 4.69) is 31.3 Å². The van der Waals surface area contributed by atoms with Crippen molar-refractivity contribution in [1.29, 1.82) is 0 Å². The van der Waals surface area contributed by atoms with Gasteiger partial charge in [-0.3, -0.25) is 4.79 Å². The van der Waals surface area contributed by atoms with Crippen LogP contribution in [0.5, 0.6) is 5.75 Å². The Kier molecular flexibility index (Phi) is 7.09. The quantitative estimate of drug-likeness (QED) is 0.729. The Bertz CT molecular complexity index is 403. The molecule has 0 spiro atoms. The number of ether oxygens (including phenoxy) is 1. The van der Waals surface area contributed by atoms with Crippen LogP contribution in [0.15, 0.2) is 24.3 Å². The number of carbonyl (C=O) groups excluding carboxylic acids is 1. The van der Waals surface area contributed by atoms with Crippen LogP contribution in [0.1, 0.15) is 45.1 Å². The Morgan fingerprint density at radius 3 is 2.45 bits per heavy atom. The van der Waals surface area contributed by atoms with Crippen molar-refractivity contribution in [2.24, 2.45) is 5.73 Å². The predicted octanol–water partition coefficient (Wildman–Crippen LogP) is 2.43. The van der Waals surface area contributed by atoms with E-state index in [4.69, 9.17) is 10.5 Å². The SMILES string of the molecule is CCCNC(COc1ccc(C(C)CC)cc1)C(N)=O. The number of amides is 1. The summed E-state index contributed by atoms with van der Waals surface area (Å²) in [7, 11) is 0. The lowest BCUT2D eigenvalue weighted by Gasteiger charge is -2.16. The van der Waals surface area contributed by atoms with E-state index >= 15 is 0 Å². The van der Waals surface area contributed by atoms with Crippen LogP contribution < -0.4 is 15.8 Å². The van der Waals surface area contributed by atoms with E-state index in [1.165, 1.54) is 5.56 Å². The molecule has 0 heterocycles. The van der Waals surface area contributed by atoms with Gasteiger partial charge in [-0.25, -0.2) is 0 Å². The zero-order valence-electron chi connectivity index (χ0n) is 12.7. The average Bonchev–Trinajstić information content (AvgIpc) is 2.46. The van der Waals surface area contributed by atoms with E-state index in [0.717, 1.165) is 25.1 Å². The van der Waals surface area contributed by atoms with Crippen LogP contribution in [-0.2, 0) is 4.79 Å².